The van der Waals surface area contributed by atoms with Crippen molar-refractivity contribution in [2.45, 2.75) is 206 Å². The van der Waals surface area contributed by atoms with E-state index in [1.54, 1.807) is 54.7 Å². The topological polar surface area (TPSA) is 225 Å². The van der Waals surface area contributed by atoms with Crippen molar-refractivity contribution in [3.05, 3.63) is 47.6 Å². The fourth-order valence-corrected chi connectivity index (χ4v) is 10.8. The lowest BCUT2D eigenvalue weighted by Gasteiger charge is -2.43. The third-order valence-corrected chi connectivity index (χ3v) is 15.4. The maximum atomic E-state index is 14.6. The molecule has 1 aliphatic carbocycles. The first-order valence-corrected chi connectivity index (χ1v) is 27.0. The second kappa shape index (κ2) is 29.2. The average molecular weight is 1030 g/mol. The summed E-state index contributed by atoms with van der Waals surface area (Å²) in [5, 5.41) is 43.5. The second-order valence-electron chi connectivity index (χ2n) is 22.4. The number of ether oxygens (including phenoxy) is 6. The van der Waals surface area contributed by atoms with Crippen LogP contribution in [-0.4, -0.2) is 155 Å². The Balaban J connectivity index is 1.72. The smallest absolute Gasteiger partial charge is 0.329 e. The zero-order valence-electron chi connectivity index (χ0n) is 45.8. The van der Waals surface area contributed by atoms with Crippen molar-refractivity contribution in [3.63, 3.8) is 0 Å². The molecule has 16 heteroatoms. The van der Waals surface area contributed by atoms with Gasteiger partial charge in [-0.05, 0) is 127 Å². The summed E-state index contributed by atoms with van der Waals surface area (Å²) in [5.41, 5.74) is 0.00494. The molecule has 4 aliphatic rings. The van der Waals surface area contributed by atoms with Crippen molar-refractivity contribution >= 4 is 29.2 Å². The normalized spacial score (nSPS) is 37.5. The zero-order valence-corrected chi connectivity index (χ0v) is 45.8. The summed E-state index contributed by atoms with van der Waals surface area (Å²) in [6.07, 6.45) is 11.8. The van der Waals surface area contributed by atoms with E-state index in [4.69, 9.17) is 28.4 Å². The molecule has 0 aromatic heterocycles. The number of carbonyl (C=O) groups is 5. The number of piperidine rings is 1. The molecule has 3 aliphatic heterocycles. The predicted octanol–water partition coefficient (Wildman–Crippen LogP) is 6.73. The van der Waals surface area contributed by atoms with Gasteiger partial charge in [-0.25, -0.2) is 4.79 Å². The Morgan fingerprint density at radius 2 is 1.60 bits per heavy atom. The number of amides is 1. The molecular formula is C57H91NO15. The van der Waals surface area contributed by atoms with E-state index in [-0.39, 0.29) is 80.5 Å². The lowest BCUT2D eigenvalue weighted by molar-refractivity contribution is -0.266. The number of nitrogens with zero attached hydrogens (tertiary/aromatic N) is 1. The highest BCUT2D eigenvalue weighted by molar-refractivity contribution is 6.39. The lowest BCUT2D eigenvalue weighted by Crippen LogP contribution is -2.61. The van der Waals surface area contributed by atoms with Gasteiger partial charge in [-0.1, -0.05) is 71.1 Å². The molecule has 0 spiro atoms. The number of methoxy groups -OCH3 is 2. The number of aliphatic hydroxyl groups is 4. The predicted molar refractivity (Wildman–Crippen MR) is 276 cm³/mol. The third-order valence-electron chi connectivity index (χ3n) is 15.4. The van der Waals surface area contributed by atoms with Crippen LogP contribution in [0.25, 0.3) is 0 Å². The van der Waals surface area contributed by atoms with E-state index in [0.29, 0.717) is 63.5 Å². The van der Waals surface area contributed by atoms with E-state index in [2.05, 4.69) is 0 Å². The van der Waals surface area contributed by atoms with Crippen LogP contribution in [0.1, 0.15) is 146 Å². The monoisotopic (exact) mass is 1030 g/mol. The van der Waals surface area contributed by atoms with Gasteiger partial charge < -0.3 is 53.7 Å². The van der Waals surface area contributed by atoms with Crippen molar-refractivity contribution in [3.8, 4) is 0 Å². The fraction of sp³-hybridized carbons (Fsp3) is 0.772. The van der Waals surface area contributed by atoms with Gasteiger partial charge in [0.05, 0.1) is 36.6 Å². The molecule has 414 valence electrons. The standard InChI is InChI=1S/C57H91NO15/c1-35-18-13-12-14-19-36(2)47(71-34-56(8,9)66)32-43-23-21-41(7)57(67,73-43)53(63)54(64)58-25-16-15-20-44(58)55(65)72-48(38(4)30-42-22-24-46(49(31-42)68-10)70-27-17-26-59)33-45(60)37(3)29-40(6)51(62)52(69-11)50(61)39(5)28-35/h12-14,18-19,29,35,37-39,41-44,46-49,51-52,59,62,66-67H,15-17,20-28,30-34H2,1-11H3/b14-12+,18-13+,36-19+,40-29+/t35-,37-,38-,39-,41-,42+,43+,44+,46-,47?,48+,49-,51-,52+,57-/m1/s1. The highest BCUT2D eigenvalue weighted by Crippen LogP contribution is 2.38. The molecule has 0 radical (unpaired) electrons. The van der Waals surface area contributed by atoms with Crippen LogP contribution >= 0.6 is 0 Å². The van der Waals surface area contributed by atoms with Gasteiger partial charge in [-0.3, -0.25) is 19.2 Å². The number of cyclic esters (lactones) is 1. The van der Waals surface area contributed by atoms with Crippen LogP contribution in [0.5, 0.6) is 0 Å². The van der Waals surface area contributed by atoms with E-state index >= 15 is 0 Å². The number of aliphatic hydroxyl groups excluding tert-OH is 2. The summed E-state index contributed by atoms with van der Waals surface area (Å²) in [7, 11) is 3.02. The minimum Gasteiger partial charge on any atom is -0.460 e. The highest BCUT2D eigenvalue weighted by atomic mass is 16.6. The molecule has 2 saturated heterocycles. The van der Waals surface area contributed by atoms with Gasteiger partial charge in [0.1, 0.15) is 30.1 Å². The van der Waals surface area contributed by atoms with Gasteiger partial charge >= 0.3 is 5.97 Å². The summed E-state index contributed by atoms with van der Waals surface area (Å²) in [6, 6.07) is -1.17. The molecule has 1 amide bonds. The average Bonchev–Trinajstić information content (AvgIpc) is 3.35. The summed E-state index contributed by atoms with van der Waals surface area (Å²) in [6.45, 7) is 16.3. The minimum atomic E-state index is -2.50. The molecule has 4 N–H and O–H groups in total. The molecule has 73 heavy (non-hydrogen) atoms. The quantitative estimate of drug-likeness (QED) is 0.0689. The first-order valence-electron chi connectivity index (χ1n) is 27.0. The van der Waals surface area contributed by atoms with Gasteiger partial charge in [0.25, 0.3) is 11.7 Å². The maximum Gasteiger partial charge on any atom is 0.329 e. The Labute approximate surface area is 435 Å². The second-order valence-corrected chi connectivity index (χ2v) is 22.4. The Bertz CT molecular complexity index is 1940. The van der Waals surface area contributed by atoms with E-state index in [0.717, 1.165) is 18.4 Å². The molecule has 0 aromatic rings. The summed E-state index contributed by atoms with van der Waals surface area (Å²) in [5.74, 6) is -8.27. The molecule has 15 atom stereocenters. The largest absolute Gasteiger partial charge is 0.460 e. The first kappa shape index (κ1) is 62.1. The molecular weight excluding hydrogens is 939 g/mol. The Morgan fingerprint density at radius 3 is 2.27 bits per heavy atom. The number of esters is 1. The van der Waals surface area contributed by atoms with Crippen molar-refractivity contribution in [2.24, 2.45) is 35.5 Å². The van der Waals surface area contributed by atoms with Crippen LogP contribution in [0.3, 0.4) is 0 Å². The highest BCUT2D eigenvalue weighted by Gasteiger charge is 2.53. The van der Waals surface area contributed by atoms with E-state index in [9.17, 15) is 44.4 Å². The number of Topliss-reactive ketones (excluding diaryl/α,β-unsaturated/α-hetero) is 3. The Kier molecular flexibility index (Phi) is 24.8. The fourth-order valence-electron chi connectivity index (χ4n) is 10.8. The number of allylic oxidation sites excluding steroid dienone is 6. The van der Waals surface area contributed by atoms with E-state index in [1.807, 2.05) is 51.2 Å². The lowest BCUT2D eigenvalue weighted by atomic mass is 9.78. The van der Waals surface area contributed by atoms with Crippen molar-refractivity contribution in [1.82, 2.24) is 4.90 Å². The number of ketones is 3. The molecule has 3 fully saturated rings. The van der Waals surface area contributed by atoms with Crippen LogP contribution in [0.4, 0.5) is 0 Å². The van der Waals surface area contributed by atoms with Crippen LogP contribution in [-0.2, 0) is 52.4 Å². The Hall–Kier alpha value is -3.45. The van der Waals surface area contributed by atoms with Crippen LogP contribution in [0, 0.1) is 35.5 Å². The number of hydrogen-bond donors (Lipinski definition) is 4. The van der Waals surface area contributed by atoms with E-state index < -0.39 is 83.4 Å². The van der Waals surface area contributed by atoms with Crippen LogP contribution in [0.15, 0.2) is 47.6 Å². The molecule has 4 rings (SSSR count). The third kappa shape index (κ3) is 18.1. The van der Waals surface area contributed by atoms with Crippen molar-refractivity contribution in [1.29, 1.82) is 0 Å². The molecule has 3 heterocycles. The zero-order chi connectivity index (χ0) is 54.2. The van der Waals surface area contributed by atoms with Gasteiger partial charge in [0.15, 0.2) is 5.78 Å². The number of carbonyl (C=O) groups excluding carboxylic acids is 5. The van der Waals surface area contributed by atoms with Crippen molar-refractivity contribution in [2.75, 3.05) is 40.6 Å². The number of fused-ring (bicyclic) bond motifs is 3. The summed E-state index contributed by atoms with van der Waals surface area (Å²) < 4.78 is 36.3. The molecule has 2 bridgehead atoms. The molecule has 16 nitrogen and oxygen atoms in total. The van der Waals surface area contributed by atoms with Gasteiger partial charge in [-0.2, -0.15) is 0 Å². The molecule has 1 unspecified atom stereocenters. The maximum absolute atomic E-state index is 14.6. The summed E-state index contributed by atoms with van der Waals surface area (Å²) >= 11 is 0. The van der Waals surface area contributed by atoms with Crippen LogP contribution in [0.2, 0.25) is 0 Å². The van der Waals surface area contributed by atoms with E-state index in [1.165, 1.54) is 12.0 Å². The van der Waals surface area contributed by atoms with Crippen molar-refractivity contribution < 1.29 is 72.8 Å². The first-order chi connectivity index (χ1) is 34.4. The molecule has 1 saturated carbocycles. The molecule has 0 aromatic carbocycles. The van der Waals surface area contributed by atoms with Gasteiger partial charge in [0.2, 0.25) is 5.79 Å². The van der Waals surface area contributed by atoms with Crippen LogP contribution < -0.4 is 0 Å². The summed E-state index contributed by atoms with van der Waals surface area (Å²) in [4.78, 5) is 72.7. The van der Waals surface area contributed by atoms with Gasteiger partial charge in [-0.15, -0.1) is 0 Å². The Morgan fingerprint density at radius 1 is 0.877 bits per heavy atom. The SMILES string of the molecule is CO[C@@H]1C[C@H](C[C@@H](C)[C@@H]2CC(=O)[C@H](C)/C=C(\C)[C@@H](O)[C@@H](OC)C(=O)[C@H](C)C[C@H](C)/C=C/C=C/C=C(\C)C(OCC(C)(C)O)C[C@@H]3CC[C@@H](C)[C@@](O)(O3)C(=O)C(=O)N3CCCC[C@H]3C(=O)O2)CC[C@H]1OCCCO. The number of hydrogen-bond acceptors (Lipinski definition) is 15. The number of rotatable bonds is 12. The van der Waals surface area contributed by atoms with Gasteiger partial charge in [0, 0.05) is 64.6 Å². The minimum absolute atomic E-state index is 0.0147.